The average molecular weight is 1430 g/mol. The van der Waals surface area contributed by atoms with Crippen LogP contribution >= 0.6 is 15.6 Å². The Morgan fingerprint density at radius 1 is 0.293 bits per heavy atom. The lowest BCUT2D eigenvalue weighted by atomic mass is 10.0. The lowest BCUT2D eigenvalue weighted by Gasteiger charge is -2.21. The Morgan fingerprint density at radius 2 is 0.535 bits per heavy atom. The number of aliphatic hydroxyl groups excluding tert-OH is 2. The Morgan fingerprint density at radius 3 is 0.859 bits per heavy atom. The molecule has 0 aromatic heterocycles. The van der Waals surface area contributed by atoms with Crippen LogP contribution in [0.25, 0.3) is 0 Å². The molecule has 0 aromatic carbocycles. The van der Waals surface area contributed by atoms with Crippen molar-refractivity contribution < 1.29 is 75.8 Å². The standard InChI is InChI=1S/C81H136O16P2/c1-4-7-10-13-16-19-22-24-26-28-30-32-34-35-36-37-38-39-41-43-44-46-48-50-53-55-58-61-64-67-79(84)91-70-76(82)71-93-98(87,88)94-72-77(83)73-95-99(89,90)96-75-78(97-81(86)69-66-63-60-57-52-21-18-15-12-9-6-3)74-92-80(85)68-65-62-59-56-54-51-49-47-45-42-40-33-31-29-27-25-23-20-17-14-11-8-5-2/h7-8,10-11,15-20,24-27,30-33,35-36,42,45,49,51,76-78,82-83H,4-6,9,12-14,21-23,28-29,34,37-41,43-44,46-48,50,52-75H2,1-3H3,(H,87,88)(H,89,90)/b10-7-,11-8-,18-15-,19-16-,20-17-,26-24-,27-25-,32-30-,33-31-,36-35-,45-42-,51-49-. The van der Waals surface area contributed by atoms with E-state index in [1.807, 2.05) is 0 Å². The van der Waals surface area contributed by atoms with Gasteiger partial charge in [-0.05, 0) is 135 Å². The van der Waals surface area contributed by atoms with Crippen LogP contribution in [-0.4, -0.2) is 95.9 Å². The molecular formula is C81H136O16P2. The number of aliphatic hydroxyl groups is 2. The van der Waals surface area contributed by atoms with E-state index in [9.17, 15) is 43.5 Å². The van der Waals surface area contributed by atoms with Crippen molar-refractivity contribution in [3.8, 4) is 0 Å². The van der Waals surface area contributed by atoms with Gasteiger partial charge in [-0.3, -0.25) is 32.5 Å². The van der Waals surface area contributed by atoms with Crippen molar-refractivity contribution >= 4 is 33.6 Å². The van der Waals surface area contributed by atoms with Gasteiger partial charge in [0.1, 0.15) is 25.4 Å². The van der Waals surface area contributed by atoms with Crippen molar-refractivity contribution in [1.29, 1.82) is 0 Å². The molecule has 99 heavy (non-hydrogen) atoms. The first kappa shape index (κ1) is 94.4. The molecule has 0 fully saturated rings. The van der Waals surface area contributed by atoms with E-state index < -0.39 is 91.5 Å². The van der Waals surface area contributed by atoms with Gasteiger partial charge in [0.2, 0.25) is 0 Å². The van der Waals surface area contributed by atoms with Crippen LogP contribution in [0.1, 0.15) is 290 Å². The lowest BCUT2D eigenvalue weighted by Crippen LogP contribution is -2.30. The highest BCUT2D eigenvalue weighted by molar-refractivity contribution is 7.47. The highest BCUT2D eigenvalue weighted by Gasteiger charge is 2.29. The second-order valence-corrected chi connectivity index (χ2v) is 27.9. The van der Waals surface area contributed by atoms with E-state index in [0.717, 1.165) is 161 Å². The van der Waals surface area contributed by atoms with Gasteiger partial charge in [-0.1, -0.05) is 282 Å². The van der Waals surface area contributed by atoms with Gasteiger partial charge >= 0.3 is 33.6 Å². The van der Waals surface area contributed by atoms with Gasteiger partial charge in [0.05, 0.1) is 26.4 Å². The summed E-state index contributed by atoms with van der Waals surface area (Å²) in [5.74, 6) is -1.62. The number of ether oxygens (including phenoxy) is 3. The van der Waals surface area contributed by atoms with Crippen molar-refractivity contribution in [1.82, 2.24) is 0 Å². The summed E-state index contributed by atoms with van der Waals surface area (Å²) in [6, 6.07) is 0. The fraction of sp³-hybridized carbons (Fsp3) is 0.667. The summed E-state index contributed by atoms with van der Waals surface area (Å²) in [5.41, 5.74) is 0. The van der Waals surface area contributed by atoms with Crippen molar-refractivity contribution in [2.24, 2.45) is 0 Å². The van der Waals surface area contributed by atoms with Gasteiger partial charge in [0.25, 0.3) is 0 Å². The molecule has 0 saturated carbocycles. The molecule has 0 aromatic rings. The van der Waals surface area contributed by atoms with E-state index in [1.165, 1.54) is 70.6 Å². The molecule has 0 heterocycles. The number of hydrogen-bond acceptors (Lipinski definition) is 14. The highest BCUT2D eigenvalue weighted by atomic mass is 31.2. The molecule has 0 radical (unpaired) electrons. The van der Waals surface area contributed by atoms with Crippen LogP contribution < -0.4 is 0 Å². The van der Waals surface area contributed by atoms with Crippen molar-refractivity contribution in [3.63, 3.8) is 0 Å². The molecule has 0 aliphatic rings. The Bertz CT molecular complexity index is 2380. The van der Waals surface area contributed by atoms with Crippen molar-refractivity contribution in [3.05, 3.63) is 146 Å². The van der Waals surface area contributed by atoms with E-state index >= 15 is 0 Å². The normalized spacial score (nSPS) is 14.9. The Balaban J connectivity index is 4.49. The van der Waals surface area contributed by atoms with Crippen LogP contribution in [0.15, 0.2) is 146 Å². The highest BCUT2D eigenvalue weighted by Crippen LogP contribution is 2.45. The topological polar surface area (TPSA) is 231 Å². The summed E-state index contributed by atoms with van der Waals surface area (Å²) in [4.78, 5) is 58.5. The zero-order valence-corrected chi connectivity index (χ0v) is 63.4. The van der Waals surface area contributed by atoms with Gasteiger partial charge in [0.15, 0.2) is 6.10 Å². The van der Waals surface area contributed by atoms with Crippen LogP contribution in [0, 0.1) is 0 Å². The first-order chi connectivity index (χ1) is 48.2. The van der Waals surface area contributed by atoms with Crippen LogP contribution in [0.5, 0.6) is 0 Å². The molecule has 0 bridgehead atoms. The maximum atomic E-state index is 12.9. The molecular weight excluding hydrogens is 1290 g/mol. The van der Waals surface area contributed by atoms with Crippen LogP contribution in [-0.2, 0) is 55.8 Å². The minimum atomic E-state index is -4.94. The molecule has 5 unspecified atom stereocenters. The summed E-state index contributed by atoms with van der Waals surface area (Å²) >= 11 is 0. The molecule has 5 atom stereocenters. The fourth-order valence-corrected chi connectivity index (χ4v) is 11.3. The van der Waals surface area contributed by atoms with Gasteiger partial charge in [-0.15, -0.1) is 0 Å². The minimum Gasteiger partial charge on any atom is -0.463 e. The number of carbonyl (C=O) groups is 3. The third kappa shape index (κ3) is 74.4. The maximum Gasteiger partial charge on any atom is 0.472 e. The van der Waals surface area contributed by atoms with Crippen LogP contribution in [0.2, 0.25) is 0 Å². The van der Waals surface area contributed by atoms with Crippen molar-refractivity contribution in [2.75, 3.05) is 39.6 Å². The quantitative estimate of drug-likeness (QED) is 0.0146. The van der Waals surface area contributed by atoms with Gasteiger partial charge in [0, 0.05) is 19.3 Å². The van der Waals surface area contributed by atoms with Crippen LogP contribution in [0.3, 0.4) is 0 Å². The largest absolute Gasteiger partial charge is 0.472 e. The van der Waals surface area contributed by atoms with E-state index in [-0.39, 0.29) is 19.3 Å². The molecule has 0 spiro atoms. The monoisotopic (exact) mass is 1430 g/mol. The number of phosphoric ester groups is 2. The number of hydrogen-bond donors (Lipinski definition) is 4. The number of carbonyl (C=O) groups excluding carboxylic acids is 3. The minimum absolute atomic E-state index is 0.0844. The molecule has 4 N–H and O–H groups in total. The SMILES string of the molecule is CC/C=C\C/C=C\C/C=C\C/C=C\C/C=C\C/C=C\CCCCCCC(=O)OCC(COP(=O)(O)OCC(O)COP(=O)(O)OCC(O)COC(=O)CCCCCCCCCCCCCCC/C=C\C/C=C\C/C=C\C/C=C\C/C=C\CC)OC(=O)CCCCCCC/C=C\CCCC. The van der Waals surface area contributed by atoms with Gasteiger partial charge in [-0.25, -0.2) is 9.13 Å². The number of rotatable bonds is 71. The molecule has 0 saturated heterocycles. The predicted molar refractivity (Wildman–Crippen MR) is 408 cm³/mol. The fourth-order valence-electron chi connectivity index (χ4n) is 9.76. The third-order valence-electron chi connectivity index (χ3n) is 15.5. The van der Waals surface area contributed by atoms with E-state index in [4.69, 9.17) is 32.3 Å². The Hall–Kier alpha value is -4.57. The first-order valence-corrected chi connectivity index (χ1v) is 41.1. The summed E-state index contributed by atoms with van der Waals surface area (Å²) in [6.07, 6.45) is 89.1. The third-order valence-corrected chi connectivity index (χ3v) is 17.4. The Kier molecular flexibility index (Phi) is 69.8. The van der Waals surface area contributed by atoms with Crippen LogP contribution in [0.4, 0.5) is 0 Å². The molecule has 566 valence electrons. The lowest BCUT2D eigenvalue weighted by molar-refractivity contribution is -0.161. The second kappa shape index (κ2) is 73.2. The van der Waals surface area contributed by atoms with Gasteiger partial charge in [-0.2, -0.15) is 0 Å². The van der Waals surface area contributed by atoms with Gasteiger partial charge < -0.3 is 34.2 Å². The molecule has 0 aliphatic heterocycles. The molecule has 0 aliphatic carbocycles. The number of esters is 3. The smallest absolute Gasteiger partial charge is 0.463 e. The number of unbranched alkanes of at least 4 members (excludes halogenated alkanes) is 24. The summed E-state index contributed by atoms with van der Waals surface area (Å²) < 4.78 is 61.0. The average Bonchev–Trinajstić information content (AvgIpc) is 1.94. The molecule has 16 nitrogen and oxygen atoms in total. The van der Waals surface area contributed by atoms with E-state index in [0.29, 0.717) is 19.3 Å². The van der Waals surface area contributed by atoms with E-state index in [1.54, 1.807) is 0 Å². The maximum absolute atomic E-state index is 12.9. The molecule has 0 rings (SSSR count). The summed E-state index contributed by atoms with van der Waals surface area (Å²) in [7, 11) is -9.80. The predicted octanol–water partition coefficient (Wildman–Crippen LogP) is 22.1. The zero-order valence-electron chi connectivity index (χ0n) is 61.6. The van der Waals surface area contributed by atoms with Crippen molar-refractivity contribution in [2.45, 2.75) is 309 Å². The summed E-state index contributed by atoms with van der Waals surface area (Å²) in [5, 5.41) is 20.6. The summed E-state index contributed by atoms with van der Waals surface area (Å²) in [6.45, 7) is 2.36. The molecule has 18 heteroatoms. The first-order valence-electron chi connectivity index (χ1n) is 38.1. The molecule has 0 amide bonds. The van der Waals surface area contributed by atoms with E-state index in [2.05, 4.69) is 167 Å². The Labute approximate surface area is 600 Å². The second-order valence-electron chi connectivity index (χ2n) is 25.0. The number of allylic oxidation sites excluding steroid dienone is 24. The zero-order chi connectivity index (χ0) is 72.3. The number of phosphoric acid groups is 2.